The molecule has 0 aromatic heterocycles. The van der Waals surface area contributed by atoms with E-state index in [1.807, 2.05) is 12.1 Å². The zero-order chi connectivity index (χ0) is 20.7. The molecular formula is C24H32O4Si. The van der Waals surface area contributed by atoms with Crippen molar-refractivity contribution in [1.82, 2.24) is 0 Å². The minimum Gasteiger partial charge on any atom is -0.462 e. The van der Waals surface area contributed by atoms with E-state index in [4.69, 9.17) is 13.9 Å². The lowest BCUT2D eigenvalue weighted by Crippen LogP contribution is -2.67. The van der Waals surface area contributed by atoms with Gasteiger partial charge >= 0.3 is 0 Å². The van der Waals surface area contributed by atoms with E-state index in [2.05, 4.69) is 69.3 Å². The molecule has 0 saturated carbocycles. The predicted octanol–water partition coefficient (Wildman–Crippen LogP) is 3.67. The summed E-state index contributed by atoms with van der Waals surface area (Å²) >= 11 is 0. The molecule has 0 N–H and O–H groups in total. The van der Waals surface area contributed by atoms with Crippen LogP contribution in [0.4, 0.5) is 0 Å². The van der Waals surface area contributed by atoms with Crippen LogP contribution < -0.4 is 10.4 Å². The third-order valence-electron chi connectivity index (χ3n) is 5.74. The quantitative estimate of drug-likeness (QED) is 0.514. The molecule has 1 fully saturated rings. The van der Waals surface area contributed by atoms with Crippen molar-refractivity contribution in [3.05, 3.63) is 60.7 Å². The first kappa shape index (κ1) is 21.7. The monoisotopic (exact) mass is 412 g/mol. The van der Waals surface area contributed by atoms with E-state index in [1.54, 1.807) is 0 Å². The molecule has 0 bridgehead atoms. The number of hydrogen-bond acceptors (Lipinski definition) is 4. The smallest absolute Gasteiger partial charge is 0.293 e. The van der Waals surface area contributed by atoms with Crippen molar-refractivity contribution in [3.63, 3.8) is 0 Å². The van der Waals surface area contributed by atoms with Crippen LogP contribution in [0.2, 0.25) is 5.04 Å². The fourth-order valence-electron chi connectivity index (χ4n) is 4.33. The van der Waals surface area contributed by atoms with Gasteiger partial charge < -0.3 is 13.9 Å². The van der Waals surface area contributed by atoms with Gasteiger partial charge in [0.05, 0.1) is 6.61 Å². The van der Waals surface area contributed by atoms with Gasteiger partial charge in [-0.15, -0.1) is 0 Å². The third kappa shape index (κ3) is 4.79. The van der Waals surface area contributed by atoms with Crippen LogP contribution in [0.3, 0.4) is 0 Å². The topological polar surface area (TPSA) is 44.8 Å². The van der Waals surface area contributed by atoms with Gasteiger partial charge in [-0.3, -0.25) is 4.79 Å². The molecule has 4 nitrogen and oxygen atoms in total. The average Bonchev–Trinajstić information content (AvgIpc) is 2.95. The molecule has 2 aromatic rings. The maximum atomic E-state index is 11.0. The summed E-state index contributed by atoms with van der Waals surface area (Å²) in [6.45, 7) is 8.39. The molecule has 156 valence electrons. The summed E-state index contributed by atoms with van der Waals surface area (Å²) in [5.41, 5.74) is 0. The van der Waals surface area contributed by atoms with Crippen LogP contribution in [0.5, 0.6) is 0 Å². The molecule has 0 aliphatic carbocycles. The fourth-order valence-corrected chi connectivity index (χ4v) is 8.90. The predicted molar refractivity (Wildman–Crippen MR) is 118 cm³/mol. The average molecular weight is 413 g/mol. The SMILES string of the molecule is CC(C)(C)[Si](OC[C@H]1OCCCC[C@@H]1OC=O)(c1ccccc1)c1ccccc1. The molecule has 0 amide bonds. The van der Waals surface area contributed by atoms with Gasteiger partial charge in [-0.05, 0) is 34.7 Å². The lowest BCUT2D eigenvalue weighted by atomic mass is 10.1. The Kier molecular flexibility index (Phi) is 7.27. The van der Waals surface area contributed by atoms with Crippen molar-refractivity contribution in [2.45, 2.75) is 57.3 Å². The summed E-state index contributed by atoms with van der Waals surface area (Å²) in [6, 6.07) is 21.1. The van der Waals surface area contributed by atoms with Crippen LogP contribution in [0.1, 0.15) is 40.0 Å². The highest BCUT2D eigenvalue weighted by Crippen LogP contribution is 2.37. The van der Waals surface area contributed by atoms with Crippen LogP contribution in [-0.4, -0.2) is 40.2 Å². The van der Waals surface area contributed by atoms with Crippen molar-refractivity contribution in [3.8, 4) is 0 Å². The number of benzene rings is 2. The van der Waals surface area contributed by atoms with E-state index in [1.165, 1.54) is 10.4 Å². The first-order valence-corrected chi connectivity index (χ1v) is 12.4. The maximum Gasteiger partial charge on any atom is 0.293 e. The number of carbonyl (C=O) groups excluding carboxylic acids is 1. The van der Waals surface area contributed by atoms with E-state index in [0.29, 0.717) is 19.7 Å². The maximum absolute atomic E-state index is 11.0. The van der Waals surface area contributed by atoms with E-state index < -0.39 is 8.32 Å². The van der Waals surface area contributed by atoms with Crippen molar-refractivity contribution in [2.75, 3.05) is 13.2 Å². The second kappa shape index (κ2) is 9.70. The van der Waals surface area contributed by atoms with Gasteiger partial charge in [0, 0.05) is 6.61 Å². The molecule has 1 heterocycles. The number of rotatable bonds is 7. The molecular weight excluding hydrogens is 380 g/mol. The van der Waals surface area contributed by atoms with Crippen LogP contribution in [-0.2, 0) is 18.7 Å². The van der Waals surface area contributed by atoms with Crippen molar-refractivity contribution < 1.29 is 18.7 Å². The molecule has 1 aliphatic heterocycles. The van der Waals surface area contributed by atoms with Crippen molar-refractivity contribution in [2.24, 2.45) is 0 Å². The van der Waals surface area contributed by atoms with Gasteiger partial charge in [0.15, 0.2) is 0 Å². The van der Waals surface area contributed by atoms with E-state index in [9.17, 15) is 4.79 Å². The molecule has 5 heteroatoms. The van der Waals surface area contributed by atoms with Gasteiger partial charge in [-0.2, -0.15) is 0 Å². The summed E-state index contributed by atoms with van der Waals surface area (Å²) in [7, 11) is -2.63. The Morgan fingerprint density at radius 3 is 2.10 bits per heavy atom. The summed E-state index contributed by atoms with van der Waals surface area (Å²) in [6.07, 6.45) is 2.29. The molecule has 0 unspecified atom stereocenters. The normalized spacial score (nSPS) is 20.7. The number of carbonyl (C=O) groups is 1. The second-order valence-electron chi connectivity index (χ2n) is 8.65. The van der Waals surface area contributed by atoms with Gasteiger partial charge in [0.2, 0.25) is 0 Å². The van der Waals surface area contributed by atoms with Gasteiger partial charge in [0.25, 0.3) is 14.8 Å². The first-order valence-electron chi connectivity index (χ1n) is 10.4. The molecule has 2 atom stereocenters. The zero-order valence-corrected chi connectivity index (χ0v) is 18.7. The molecule has 3 rings (SSSR count). The Morgan fingerprint density at radius 2 is 1.59 bits per heavy atom. The Balaban J connectivity index is 2.00. The Hall–Kier alpha value is -1.95. The lowest BCUT2D eigenvalue weighted by Gasteiger charge is -2.44. The zero-order valence-electron chi connectivity index (χ0n) is 17.7. The molecule has 1 aliphatic rings. The van der Waals surface area contributed by atoms with Crippen molar-refractivity contribution in [1.29, 1.82) is 0 Å². The minimum atomic E-state index is -2.63. The summed E-state index contributed by atoms with van der Waals surface area (Å²) < 4.78 is 18.4. The van der Waals surface area contributed by atoms with E-state index in [0.717, 1.165) is 19.3 Å². The summed E-state index contributed by atoms with van der Waals surface area (Å²) in [5.74, 6) is 0. The number of ether oxygens (including phenoxy) is 2. The molecule has 29 heavy (non-hydrogen) atoms. The van der Waals surface area contributed by atoms with Gasteiger partial charge in [-0.25, -0.2) is 0 Å². The van der Waals surface area contributed by atoms with E-state index in [-0.39, 0.29) is 17.2 Å². The van der Waals surface area contributed by atoms with Crippen LogP contribution in [0.25, 0.3) is 0 Å². The lowest BCUT2D eigenvalue weighted by molar-refractivity contribution is -0.143. The standard InChI is InChI=1S/C24H32O4Si/c1-24(2,3)29(20-12-6-4-7-13-20,21-14-8-5-9-15-21)28-18-23-22(27-19-25)16-10-11-17-26-23/h4-9,12-15,19,22-23H,10-11,16-18H2,1-3H3/t22-,23+/m0/s1. The van der Waals surface area contributed by atoms with Crippen LogP contribution in [0, 0.1) is 0 Å². The second-order valence-corrected chi connectivity index (χ2v) is 13.0. The Morgan fingerprint density at radius 1 is 1.00 bits per heavy atom. The largest absolute Gasteiger partial charge is 0.462 e. The third-order valence-corrected chi connectivity index (χ3v) is 10.7. The summed E-state index contributed by atoms with van der Waals surface area (Å²) in [4.78, 5) is 11.0. The summed E-state index contributed by atoms with van der Waals surface area (Å²) in [5, 5.41) is 2.38. The Bertz CT molecular complexity index is 718. The molecule has 0 radical (unpaired) electrons. The first-order chi connectivity index (χ1) is 14.0. The van der Waals surface area contributed by atoms with Crippen LogP contribution in [0.15, 0.2) is 60.7 Å². The van der Waals surface area contributed by atoms with E-state index >= 15 is 0 Å². The fraction of sp³-hybridized carbons (Fsp3) is 0.458. The molecule has 2 aromatic carbocycles. The highest BCUT2D eigenvalue weighted by Gasteiger charge is 2.50. The highest BCUT2D eigenvalue weighted by atomic mass is 28.4. The van der Waals surface area contributed by atoms with Crippen LogP contribution >= 0.6 is 0 Å². The van der Waals surface area contributed by atoms with Gasteiger partial charge in [-0.1, -0.05) is 81.4 Å². The van der Waals surface area contributed by atoms with Crippen molar-refractivity contribution >= 4 is 25.2 Å². The number of hydrogen-bond donors (Lipinski definition) is 0. The molecule has 1 saturated heterocycles. The van der Waals surface area contributed by atoms with Gasteiger partial charge in [0.1, 0.15) is 12.2 Å². The highest BCUT2D eigenvalue weighted by molar-refractivity contribution is 6.99. The molecule has 0 spiro atoms. The Labute approximate surface area is 175 Å². The minimum absolute atomic E-state index is 0.0958.